The number of carbonyl (C=O) groups excluding carboxylic acids is 3. The lowest BCUT2D eigenvalue weighted by molar-refractivity contribution is -0.151. The second-order valence-corrected chi connectivity index (χ2v) is 6.49. The SMILES string of the molecule is CCOC(=O)C1CCN(C(=O)CN(C)C(=O)/C=C/c2cccc(F)c2)CC1. The zero-order valence-corrected chi connectivity index (χ0v) is 15.7. The monoisotopic (exact) mass is 376 g/mol. The third kappa shape index (κ3) is 6.20. The summed E-state index contributed by atoms with van der Waals surface area (Å²) < 4.78 is 18.2. The molecule has 2 amide bonds. The van der Waals surface area contributed by atoms with Crippen LogP contribution in [0.4, 0.5) is 4.39 Å². The molecule has 7 heteroatoms. The summed E-state index contributed by atoms with van der Waals surface area (Å²) in [6.07, 6.45) is 3.97. The topological polar surface area (TPSA) is 66.9 Å². The normalized spacial score (nSPS) is 15.0. The lowest BCUT2D eigenvalue weighted by atomic mass is 9.97. The molecule has 1 heterocycles. The summed E-state index contributed by atoms with van der Waals surface area (Å²) in [7, 11) is 1.54. The van der Waals surface area contributed by atoms with Crippen molar-refractivity contribution in [3.63, 3.8) is 0 Å². The van der Waals surface area contributed by atoms with E-state index in [-0.39, 0.29) is 36.1 Å². The summed E-state index contributed by atoms with van der Waals surface area (Å²) in [6, 6.07) is 5.90. The Kier molecular flexibility index (Phi) is 7.52. The predicted molar refractivity (Wildman–Crippen MR) is 99.0 cm³/mol. The first-order chi connectivity index (χ1) is 12.9. The van der Waals surface area contributed by atoms with Crippen molar-refractivity contribution < 1.29 is 23.5 Å². The van der Waals surface area contributed by atoms with Gasteiger partial charge in [0, 0.05) is 26.2 Å². The number of hydrogen-bond donors (Lipinski definition) is 0. The Morgan fingerprint density at radius 1 is 1.30 bits per heavy atom. The van der Waals surface area contributed by atoms with E-state index < -0.39 is 0 Å². The molecule has 0 radical (unpaired) electrons. The van der Waals surface area contributed by atoms with Gasteiger partial charge in [0.25, 0.3) is 0 Å². The molecule has 1 aliphatic rings. The van der Waals surface area contributed by atoms with Gasteiger partial charge in [0.2, 0.25) is 11.8 Å². The standard InChI is InChI=1S/C20H25FN2O4/c1-3-27-20(26)16-9-11-23(12-10-16)19(25)14-22(2)18(24)8-7-15-5-4-6-17(21)13-15/h4-8,13,16H,3,9-12,14H2,1-2H3/b8-7+. The molecule has 0 spiro atoms. The van der Waals surface area contributed by atoms with Crippen molar-refractivity contribution in [1.82, 2.24) is 9.80 Å². The summed E-state index contributed by atoms with van der Waals surface area (Å²) in [6.45, 7) is 3.03. The van der Waals surface area contributed by atoms with E-state index in [4.69, 9.17) is 4.74 Å². The summed E-state index contributed by atoms with van der Waals surface area (Å²) in [5.41, 5.74) is 0.573. The van der Waals surface area contributed by atoms with Crippen LogP contribution in [-0.4, -0.2) is 60.9 Å². The van der Waals surface area contributed by atoms with Crippen molar-refractivity contribution in [2.45, 2.75) is 19.8 Å². The van der Waals surface area contributed by atoms with Gasteiger partial charge in [0.1, 0.15) is 5.82 Å². The maximum Gasteiger partial charge on any atom is 0.309 e. The minimum absolute atomic E-state index is 0.0452. The third-order valence-corrected chi connectivity index (χ3v) is 4.48. The molecule has 0 aromatic heterocycles. The highest BCUT2D eigenvalue weighted by atomic mass is 19.1. The van der Waals surface area contributed by atoms with Crippen LogP contribution in [0.2, 0.25) is 0 Å². The molecule has 1 fully saturated rings. The summed E-state index contributed by atoms with van der Waals surface area (Å²) >= 11 is 0. The fourth-order valence-corrected chi connectivity index (χ4v) is 2.91. The van der Waals surface area contributed by atoms with Gasteiger partial charge in [0.05, 0.1) is 19.1 Å². The number of nitrogens with zero attached hydrogens (tertiary/aromatic N) is 2. The number of likely N-dealkylation sites (tertiary alicyclic amines) is 1. The van der Waals surface area contributed by atoms with E-state index in [1.54, 1.807) is 31.0 Å². The predicted octanol–water partition coefficient (Wildman–Crippen LogP) is 2.10. The first kappa shape index (κ1) is 20.6. The van der Waals surface area contributed by atoms with E-state index >= 15 is 0 Å². The van der Waals surface area contributed by atoms with E-state index in [2.05, 4.69) is 0 Å². The highest BCUT2D eigenvalue weighted by Crippen LogP contribution is 2.19. The first-order valence-corrected chi connectivity index (χ1v) is 9.04. The maximum atomic E-state index is 13.1. The van der Waals surface area contributed by atoms with Gasteiger partial charge >= 0.3 is 5.97 Å². The smallest absolute Gasteiger partial charge is 0.309 e. The minimum atomic E-state index is -0.376. The number of amides is 2. The molecule has 0 aliphatic carbocycles. The van der Waals surface area contributed by atoms with Gasteiger partial charge < -0.3 is 14.5 Å². The molecule has 0 atom stereocenters. The molecule has 2 rings (SSSR count). The van der Waals surface area contributed by atoms with Gasteiger partial charge in [-0.25, -0.2) is 4.39 Å². The maximum absolute atomic E-state index is 13.1. The van der Waals surface area contributed by atoms with Gasteiger partial charge in [-0.05, 0) is 43.5 Å². The molecule has 6 nitrogen and oxygen atoms in total. The van der Waals surface area contributed by atoms with Gasteiger partial charge in [-0.2, -0.15) is 0 Å². The van der Waals surface area contributed by atoms with Crippen molar-refractivity contribution in [2.75, 3.05) is 33.3 Å². The number of esters is 1. The van der Waals surface area contributed by atoms with Crippen LogP contribution in [0.3, 0.4) is 0 Å². The largest absolute Gasteiger partial charge is 0.466 e. The van der Waals surface area contributed by atoms with Crippen LogP contribution in [0.5, 0.6) is 0 Å². The van der Waals surface area contributed by atoms with Crippen molar-refractivity contribution in [1.29, 1.82) is 0 Å². The average Bonchev–Trinajstić information content (AvgIpc) is 2.66. The quantitative estimate of drug-likeness (QED) is 0.563. The van der Waals surface area contributed by atoms with E-state index in [0.717, 1.165) is 0 Å². The van der Waals surface area contributed by atoms with Crippen LogP contribution >= 0.6 is 0 Å². The molecule has 1 aliphatic heterocycles. The Hall–Kier alpha value is -2.70. The van der Waals surface area contributed by atoms with E-state index in [1.165, 1.54) is 29.2 Å². The number of likely N-dealkylation sites (N-methyl/N-ethyl adjacent to an activating group) is 1. The molecule has 1 aromatic rings. The Morgan fingerprint density at radius 2 is 2.00 bits per heavy atom. The van der Waals surface area contributed by atoms with Crippen LogP contribution in [0.1, 0.15) is 25.3 Å². The second kappa shape index (κ2) is 9.85. The first-order valence-electron chi connectivity index (χ1n) is 9.04. The highest BCUT2D eigenvalue weighted by Gasteiger charge is 2.28. The third-order valence-electron chi connectivity index (χ3n) is 4.48. The fourth-order valence-electron chi connectivity index (χ4n) is 2.91. The number of benzene rings is 1. The summed E-state index contributed by atoms with van der Waals surface area (Å²) in [4.78, 5) is 39.2. The highest BCUT2D eigenvalue weighted by molar-refractivity contribution is 5.94. The van der Waals surface area contributed by atoms with Crippen LogP contribution < -0.4 is 0 Å². The van der Waals surface area contributed by atoms with Crippen molar-refractivity contribution in [3.8, 4) is 0 Å². The van der Waals surface area contributed by atoms with Gasteiger partial charge in [-0.15, -0.1) is 0 Å². The number of rotatable bonds is 6. The number of piperidine rings is 1. The second-order valence-electron chi connectivity index (χ2n) is 6.49. The van der Waals surface area contributed by atoms with E-state index in [9.17, 15) is 18.8 Å². The van der Waals surface area contributed by atoms with E-state index in [0.29, 0.717) is 38.1 Å². The number of hydrogen-bond acceptors (Lipinski definition) is 4. The van der Waals surface area contributed by atoms with Crippen molar-refractivity contribution >= 4 is 23.9 Å². The van der Waals surface area contributed by atoms with Crippen molar-refractivity contribution in [2.24, 2.45) is 5.92 Å². The molecule has 1 aromatic carbocycles. The molecule has 0 saturated carbocycles. The van der Waals surface area contributed by atoms with Crippen LogP contribution in [0.15, 0.2) is 30.3 Å². The fraction of sp³-hybridized carbons (Fsp3) is 0.450. The molecule has 146 valence electrons. The van der Waals surface area contributed by atoms with Gasteiger partial charge in [0.15, 0.2) is 0 Å². The Balaban J connectivity index is 1.81. The van der Waals surface area contributed by atoms with Crippen LogP contribution in [0, 0.1) is 11.7 Å². The molecule has 0 unspecified atom stereocenters. The molecule has 0 N–H and O–H groups in total. The zero-order chi connectivity index (χ0) is 19.8. The molecule has 27 heavy (non-hydrogen) atoms. The average molecular weight is 376 g/mol. The lowest BCUT2D eigenvalue weighted by Gasteiger charge is -2.32. The Labute approximate surface area is 158 Å². The van der Waals surface area contributed by atoms with Crippen molar-refractivity contribution in [3.05, 3.63) is 41.7 Å². The number of halogens is 1. The van der Waals surface area contributed by atoms with Gasteiger partial charge in [-0.1, -0.05) is 12.1 Å². The van der Waals surface area contributed by atoms with Crippen LogP contribution in [0.25, 0.3) is 6.08 Å². The Bertz CT molecular complexity index is 712. The minimum Gasteiger partial charge on any atom is -0.466 e. The molecule has 0 bridgehead atoms. The van der Waals surface area contributed by atoms with E-state index in [1.807, 2.05) is 0 Å². The van der Waals surface area contributed by atoms with Crippen LogP contribution in [-0.2, 0) is 19.1 Å². The lowest BCUT2D eigenvalue weighted by Crippen LogP contribution is -2.45. The Morgan fingerprint density at radius 3 is 2.63 bits per heavy atom. The molecular formula is C20H25FN2O4. The number of carbonyl (C=O) groups is 3. The number of ether oxygens (including phenoxy) is 1. The zero-order valence-electron chi connectivity index (χ0n) is 15.7. The summed E-state index contributed by atoms with van der Waals surface area (Å²) in [5, 5.41) is 0. The summed E-state index contributed by atoms with van der Waals surface area (Å²) in [5.74, 6) is -1.25. The molecule has 1 saturated heterocycles. The molecular weight excluding hydrogens is 351 g/mol. The van der Waals surface area contributed by atoms with Gasteiger partial charge in [-0.3, -0.25) is 14.4 Å².